The predicted octanol–water partition coefficient (Wildman–Crippen LogP) is 4.58. The van der Waals surface area contributed by atoms with E-state index in [1.165, 1.54) is 12.1 Å². The Morgan fingerprint density at radius 3 is 2.14 bits per heavy atom. The molecule has 0 unspecified atom stereocenters. The van der Waals surface area contributed by atoms with Crippen LogP contribution in [0.15, 0.2) is 78.9 Å². The second kappa shape index (κ2) is 8.13. The third kappa shape index (κ3) is 4.14. The highest BCUT2D eigenvalue weighted by molar-refractivity contribution is 5.94. The summed E-state index contributed by atoms with van der Waals surface area (Å²) in [6.45, 7) is 2.69. The molecule has 0 atom stereocenters. The molecule has 1 aliphatic heterocycles. The van der Waals surface area contributed by atoms with Gasteiger partial charge in [-0.25, -0.2) is 4.39 Å². The average Bonchev–Trinajstić information content (AvgIpc) is 2.75. The van der Waals surface area contributed by atoms with Crippen molar-refractivity contribution in [2.24, 2.45) is 0 Å². The molecule has 1 amide bonds. The molecule has 28 heavy (non-hydrogen) atoms. The monoisotopic (exact) mass is 376 g/mol. The maximum Gasteiger partial charge on any atom is 0.254 e. The summed E-state index contributed by atoms with van der Waals surface area (Å²) in [6, 6.07) is 23.5. The molecule has 4 nitrogen and oxygen atoms in total. The smallest absolute Gasteiger partial charge is 0.254 e. The number of carbonyl (C=O) groups excluding carboxylic acids is 1. The van der Waals surface area contributed by atoms with Gasteiger partial charge in [-0.3, -0.25) is 4.79 Å². The van der Waals surface area contributed by atoms with Gasteiger partial charge in [-0.2, -0.15) is 0 Å². The predicted molar refractivity (Wildman–Crippen MR) is 107 cm³/mol. The third-order valence-electron chi connectivity index (χ3n) is 4.82. The first kappa shape index (κ1) is 18.0. The summed E-state index contributed by atoms with van der Waals surface area (Å²) in [5.74, 6) is 1.09. The standard InChI is InChI=1S/C23H21FN2O2/c24-19-6-4-5-18(17-19)23(27)26-15-13-25(14-16-26)20-9-11-22(12-10-20)28-21-7-2-1-3-8-21/h1-12,17H,13-16H2. The minimum atomic E-state index is -0.387. The van der Waals surface area contributed by atoms with Gasteiger partial charge >= 0.3 is 0 Å². The molecule has 3 aromatic carbocycles. The highest BCUT2D eigenvalue weighted by atomic mass is 19.1. The summed E-state index contributed by atoms with van der Waals surface area (Å²) in [4.78, 5) is 16.6. The van der Waals surface area contributed by atoms with Gasteiger partial charge in [-0.15, -0.1) is 0 Å². The molecule has 0 spiro atoms. The summed E-state index contributed by atoms with van der Waals surface area (Å²) in [6.07, 6.45) is 0. The Bertz CT molecular complexity index is 936. The summed E-state index contributed by atoms with van der Waals surface area (Å²) in [5, 5.41) is 0. The van der Waals surface area contributed by atoms with Crippen LogP contribution in [0, 0.1) is 5.82 Å². The molecule has 142 valence electrons. The van der Waals surface area contributed by atoms with Gasteiger partial charge in [0.25, 0.3) is 5.91 Å². The summed E-state index contributed by atoms with van der Waals surface area (Å²) < 4.78 is 19.2. The molecular weight excluding hydrogens is 355 g/mol. The van der Waals surface area contributed by atoms with E-state index in [0.29, 0.717) is 18.7 Å². The fourth-order valence-corrected chi connectivity index (χ4v) is 3.32. The van der Waals surface area contributed by atoms with E-state index in [-0.39, 0.29) is 11.7 Å². The summed E-state index contributed by atoms with van der Waals surface area (Å²) >= 11 is 0. The first-order valence-electron chi connectivity index (χ1n) is 9.32. The lowest BCUT2D eigenvalue weighted by Crippen LogP contribution is -2.48. The zero-order valence-corrected chi connectivity index (χ0v) is 15.4. The topological polar surface area (TPSA) is 32.8 Å². The van der Waals surface area contributed by atoms with Gasteiger partial charge in [-0.1, -0.05) is 24.3 Å². The number of nitrogens with zero attached hydrogens (tertiary/aromatic N) is 2. The molecule has 1 fully saturated rings. The van der Waals surface area contributed by atoms with Crippen molar-refractivity contribution in [1.29, 1.82) is 0 Å². The van der Waals surface area contributed by atoms with Crippen molar-refractivity contribution in [2.45, 2.75) is 0 Å². The van der Waals surface area contributed by atoms with Gasteiger partial charge in [0.15, 0.2) is 0 Å². The maximum atomic E-state index is 13.4. The third-order valence-corrected chi connectivity index (χ3v) is 4.82. The average molecular weight is 376 g/mol. The van der Waals surface area contributed by atoms with Crippen molar-refractivity contribution >= 4 is 11.6 Å². The van der Waals surface area contributed by atoms with Crippen LogP contribution < -0.4 is 9.64 Å². The van der Waals surface area contributed by atoms with E-state index < -0.39 is 0 Å². The fraction of sp³-hybridized carbons (Fsp3) is 0.174. The van der Waals surface area contributed by atoms with Crippen LogP contribution in [0.2, 0.25) is 0 Å². The van der Waals surface area contributed by atoms with E-state index in [1.807, 2.05) is 54.6 Å². The van der Waals surface area contributed by atoms with Crippen LogP contribution in [0.5, 0.6) is 11.5 Å². The van der Waals surface area contributed by atoms with Crippen LogP contribution in [0.1, 0.15) is 10.4 Å². The molecule has 0 saturated carbocycles. The number of rotatable bonds is 4. The van der Waals surface area contributed by atoms with E-state index in [4.69, 9.17) is 4.74 Å². The van der Waals surface area contributed by atoms with Crippen molar-refractivity contribution in [3.05, 3.63) is 90.2 Å². The van der Waals surface area contributed by atoms with Crippen LogP contribution in [-0.2, 0) is 0 Å². The van der Waals surface area contributed by atoms with Crippen LogP contribution in [0.25, 0.3) is 0 Å². The lowest BCUT2D eigenvalue weighted by molar-refractivity contribution is 0.0746. The van der Waals surface area contributed by atoms with Crippen LogP contribution in [0.4, 0.5) is 10.1 Å². The molecule has 5 heteroatoms. The van der Waals surface area contributed by atoms with Crippen LogP contribution in [0.3, 0.4) is 0 Å². The summed E-state index contributed by atoms with van der Waals surface area (Å²) in [7, 11) is 0. The molecule has 0 aromatic heterocycles. The zero-order chi connectivity index (χ0) is 19.3. The number of anilines is 1. The van der Waals surface area contributed by atoms with Crippen molar-refractivity contribution in [3.63, 3.8) is 0 Å². The van der Waals surface area contributed by atoms with Gasteiger partial charge in [0.2, 0.25) is 0 Å². The molecule has 4 rings (SSSR count). The van der Waals surface area contributed by atoms with Crippen molar-refractivity contribution in [3.8, 4) is 11.5 Å². The Labute approximate surface area is 163 Å². The Kier molecular flexibility index (Phi) is 5.24. The first-order valence-corrected chi connectivity index (χ1v) is 9.32. The Morgan fingerprint density at radius 1 is 0.786 bits per heavy atom. The quantitative estimate of drug-likeness (QED) is 0.668. The lowest BCUT2D eigenvalue weighted by atomic mass is 10.1. The van der Waals surface area contributed by atoms with E-state index >= 15 is 0 Å². The molecular formula is C23H21FN2O2. The Hall–Kier alpha value is -3.34. The number of piperazine rings is 1. The van der Waals surface area contributed by atoms with Gasteiger partial charge < -0.3 is 14.5 Å². The van der Waals surface area contributed by atoms with Gasteiger partial charge in [0.05, 0.1) is 0 Å². The Balaban J connectivity index is 1.35. The number of amides is 1. The molecule has 0 bridgehead atoms. The molecule has 1 saturated heterocycles. The number of hydrogen-bond donors (Lipinski definition) is 0. The van der Waals surface area contributed by atoms with Crippen molar-refractivity contribution < 1.29 is 13.9 Å². The number of benzene rings is 3. The highest BCUT2D eigenvalue weighted by Gasteiger charge is 2.22. The second-order valence-corrected chi connectivity index (χ2v) is 6.70. The first-order chi connectivity index (χ1) is 13.7. The number of halogens is 1. The lowest BCUT2D eigenvalue weighted by Gasteiger charge is -2.36. The number of ether oxygens (including phenoxy) is 1. The minimum Gasteiger partial charge on any atom is -0.457 e. The minimum absolute atomic E-state index is 0.120. The van der Waals surface area contributed by atoms with Crippen LogP contribution in [-0.4, -0.2) is 37.0 Å². The van der Waals surface area contributed by atoms with E-state index in [1.54, 1.807) is 17.0 Å². The van der Waals surface area contributed by atoms with Crippen molar-refractivity contribution in [2.75, 3.05) is 31.1 Å². The highest BCUT2D eigenvalue weighted by Crippen LogP contribution is 2.25. The number of carbonyl (C=O) groups is 1. The second-order valence-electron chi connectivity index (χ2n) is 6.70. The molecule has 3 aromatic rings. The van der Waals surface area contributed by atoms with Gasteiger partial charge in [0.1, 0.15) is 17.3 Å². The van der Waals surface area contributed by atoms with Crippen molar-refractivity contribution in [1.82, 2.24) is 4.90 Å². The Morgan fingerprint density at radius 2 is 1.46 bits per heavy atom. The maximum absolute atomic E-state index is 13.4. The van der Waals surface area contributed by atoms with E-state index in [0.717, 1.165) is 30.3 Å². The number of para-hydroxylation sites is 1. The molecule has 1 aliphatic rings. The zero-order valence-electron chi connectivity index (χ0n) is 15.4. The molecule has 0 radical (unpaired) electrons. The molecule has 0 aliphatic carbocycles. The summed E-state index contributed by atoms with van der Waals surface area (Å²) in [5.41, 5.74) is 1.49. The van der Waals surface area contributed by atoms with E-state index in [2.05, 4.69) is 4.90 Å². The van der Waals surface area contributed by atoms with E-state index in [9.17, 15) is 9.18 Å². The van der Waals surface area contributed by atoms with Gasteiger partial charge in [0, 0.05) is 37.4 Å². The molecule has 1 heterocycles. The van der Waals surface area contributed by atoms with Gasteiger partial charge in [-0.05, 0) is 54.6 Å². The number of hydrogen-bond acceptors (Lipinski definition) is 3. The SMILES string of the molecule is O=C(c1cccc(F)c1)N1CCN(c2ccc(Oc3ccccc3)cc2)CC1. The molecule has 0 N–H and O–H groups in total. The fourth-order valence-electron chi connectivity index (χ4n) is 3.32. The largest absolute Gasteiger partial charge is 0.457 e. The normalized spacial score (nSPS) is 14.0. The van der Waals surface area contributed by atoms with Crippen LogP contribution >= 0.6 is 0 Å².